The van der Waals surface area contributed by atoms with Crippen molar-refractivity contribution in [1.29, 1.82) is 0 Å². The Kier molecular flexibility index (Phi) is 5.00. The van der Waals surface area contributed by atoms with Crippen molar-refractivity contribution in [2.24, 2.45) is 4.99 Å². The third kappa shape index (κ3) is 3.49. The van der Waals surface area contributed by atoms with E-state index in [0.717, 1.165) is 25.9 Å². The van der Waals surface area contributed by atoms with Gasteiger partial charge in [-0.1, -0.05) is 12.1 Å². The largest absolute Gasteiger partial charge is 0.494 e. The van der Waals surface area contributed by atoms with Crippen LogP contribution in [0, 0.1) is 13.8 Å². The second-order valence-corrected chi connectivity index (χ2v) is 6.27. The molecular weight excluding hydrogens is 382 g/mol. The van der Waals surface area contributed by atoms with Crippen LogP contribution in [-0.4, -0.2) is 13.3 Å². The molecule has 0 aliphatic rings. The summed E-state index contributed by atoms with van der Waals surface area (Å²) in [5.41, 5.74) is 4.37. The van der Waals surface area contributed by atoms with E-state index in [2.05, 4.69) is 68.9 Å². The van der Waals surface area contributed by atoms with Crippen LogP contribution in [0.2, 0.25) is 0 Å². The van der Waals surface area contributed by atoms with Crippen molar-refractivity contribution in [3.05, 3.63) is 56.0 Å². The van der Waals surface area contributed by atoms with E-state index in [1.165, 1.54) is 11.1 Å². The minimum atomic E-state index is 0.786. The van der Waals surface area contributed by atoms with E-state index in [-0.39, 0.29) is 0 Å². The Bertz CT molecular complexity index is 643. The number of benzene rings is 2. The van der Waals surface area contributed by atoms with Crippen molar-refractivity contribution in [1.82, 2.24) is 0 Å². The van der Waals surface area contributed by atoms with Gasteiger partial charge in [0.25, 0.3) is 0 Å². The Morgan fingerprint density at radius 1 is 1.05 bits per heavy atom. The van der Waals surface area contributed by atoms with Crippen molar-refractivity contribution in [2.45, 2.75) is 13.8 Å². The number of aryl methyl sites for hydroxylation is 2. The fraction of sp³-hybridized carbons (Fsp3) is 0.188. The van der Waals surface area contributed by atoms with Gasteiger partial charge in [-0.2, -0.15) is 0 Å². The SMILES string of the molecule is COc1c(Br)cc(C=Nc2cc(C)ccc2C)cc1Br. The molecule has 0 bridgehead atoms. The number of rotatable bonds is 3. The molecule has 104 valence electrons. The van der Waals surface area contributed by atoms with Crippen LogP contribution < -0.4 is 4.74 Å². The first-order valence-electron chi connectivity index (χ1n) is 6.15. The van der Waals surface area contributed by atoms with E-state index in [1.54, 1.807) is 7.11 Å². The van der Waals surface area contributed by atoms with Gasteiger partial charge in [0.2, 0.25) is 0 Å². The van der Waals surface area contributed by atoms with E-state index in [9.17, 15) is 0 Å². The van der Waals surface area contributed by atoms with Crippen LogP contribution in [0.1, 0.15) is 16.7 Å². The smallest absolute Gasteiger partial charge is 0.147 e. The molecule has 0 aliphatic carbocycles. The normalized spacial score (nSPS) is 11.1. The molecule has 0 fully saturated rings. The predicted octanol–water partition coefficient (Wildman–Crippen LogP) is 5.59. The molecule has 2 aromatic carbocycles. The first-order valence-corrected chi connectivity index (χ1v) is 7.74. The molecule has 0 saturated heterocycles. The molecule has 2 aromatic rings. The number of ether oxygens (including phenoxy) is 1. The lowest BCUT2D eigenvalue weighted by Gasteiger charge is -2.07. The standard InChI is InChI=1S/C16H15Br2NO/c1-10-4-5-11(2)15(6-10)19-9-12-7-13(17)16(20-3)14(18)8-12/h4-9H,1-3H3. The van der Waals surface area contributed by atoms with E-state index >= 15 is 0 Å². The molecule has 0 aliphatic heterocycles. The van der Waals surface area contributed by atoms with Gasteiger partial charge in [0.15, 0.2) is 0 Å². The zero-order valence-corrected chi connectivity index (χ0v) is 14.7. The van der Waals surface area contributed by atoms with Crippen molar-refractivity contribution >= 4 is 43.8 Å². The minimum Gasteiger partial charge on any atom is -0.494 e. The summed E-state index contributed by atoms with van der Waals surface area (Å²) in [4.78, 5) is 4.57. The van der Waals surface area contributed by atoms with Crippen molar-refractivity contribution in [2.75, 3.05) is 7.11 Å². The highest BCUT2D eigenvalue weighted by Crippen LogP contribution is 2.34. The quantitative estimate of drug-likeness (QED) is 0.619. The summed E-state index contributed by atoms with van der Waals surface area (Å²) in [6.07, 6.45) is 1.86. The predicted molar refractivity (Wildman–Crippen MR) is 91.6 cm³/mol. The lowest BCUT2D eigenvalue weighted by atomic mass is 10.1. The summed E-state index contributed by atoms with van der Waals surface area (Å²) in [6.45, 7) is 4.13. The Balaban J connectivity index is 2.34. The lowest BCUT2D eigenvalue weighted by molar-refractivity contribution is 0.409. The Hall–Kier alpha value is -1.13. The molecule has 0 heterocycles. The molecule has 0 radical (unpaired) electrons. The van der Waals surface area contributed by atoms with Crippen LogP contribution in [0.5, 0.6) is 5.75 Å². The van der Waals surface area contributed by atoms with E-state index in [1.807, 2.05) is 18.3 Å². The highest BCUT2D eigenvalue weighted by molar-refractivity contribution is 9.11. The number of hydrogen-bond acceptors (Lipinski definition) is 2. The summed E-state index contributed by atoms with van der Waals surface area (Å²) in [7, 11) is 1.65. The monoisotopic (exact) mass is 395 g/mol. The fourth-order valence-corrected chi connectivity index (χ4v) is 3.40. The van der Waals surface area contributed by atoms with Crippen LogP contribution in [0.15, 0.2) is 44.3 Å². The Labute approximate surface area is 136 Å². The molecule has 0 N–H and O–H groups in total. The fourth-order valence-electron chi connectivity index (χ4n) is 1.85. The van der Waals surface area contributed by atoms with Gasteiger partial charge >= 0.3 is 0 Å². The van der Waals surface area contributed by atoms with Crippen LogP contribution in [0.3, 0.4) is 0 Å². The molecule has 0 unspecified atom stereocenters. The van der Waals surface area contributed by atoms with Gasteiger partial charge in [0, 0.05) is 6.21 Å². The summed E-state index contributed by atoms with van der Waals surface area (Å²) in [6, 6.07) is 10.2. The molecule has 2 rings (SSSR count). The Morgan fingerprint density at radius 2 is 1.70 bits per heavy atom. The molecular formula is C16H15Br2NO. The van der Waals surface area contributed by atoms with Crippen molar-refractivity contribution < 1.29 is 4.74 Å². The zero-order chi connectivity index (χ0) is 14.7. The third-order valence-corrected chi connectivity index (χ3v) is 4.12. The maximum atomic E-state index is 5.29. The lowest BCUT2D eigenvalue weighted by Crippen LogP contribution is -1.89. The first kappa shape index (κ1) is 15.3. The summed E-state index contributed by atoms with van der Waals surface area (Å²) in [5.74, 6) is 0.786. The third-order valence-electron chi connectivity index (χ3n) is 2.94. The van der Waals surface area contributed by atoms with Gasteiger partial charge in [0.1, 0.15) is 5.75 Å². The first-order chi connectivity index (χ1) is 9.51. The highest BCUT2D eigenvalue weighted by Gasteiger charge is 2.06. The van der Waals surface area contributed by atoms with Crippen LogP contribution in [0.4, 0.5) is 5.69 Å². The zero-order valence-electron chi connectivity index (χ0n) is 11.6. The number of aliphatic imine (C=N–C) groups is 1. The minimum absolute atomic E-state index is 0.786. The highest BCUT2D eigenvalue weighted by atomic mass is 79.9. The molecule has 0 spiro atoms. The van der Waals surface area contributed by atoms with Gasteiger partial charge in [-0.25, -0.2) is 0 Å². The van der Waals surface area contributed by atoms with Gasteiger partial charge in [-0.15, -0.1) is 0 Å². The summed E-state index contributed by atoms with van der Waals surface area (Å²) in [5, 5.41) is 0. The molecule has 0 atom stereocenters. The number of nitrogens with zero attached hydrogens (tertiary/aromatic N) is 1. The van der Waals surface area contributed by atoms with Gasteiger partial charge in [-0.05, 0) is 80.6 Å². The van der Waals surface area contributed by atoms with Gasteiger partial charge < -0.3 is 4.74 Å². The second kappa shape index (κ2) is 6.55. The average Bonchev–Trinajstić information content (AvgIpc) is 2.39. The molecule has 2 nitrogen and oxygen atoms in total. The molecule has 20 heavy (non-hydrogen) atoms. The summed E-state index contributed by atoms with van der Waals surface area (Å²) >= 11 is 6.99. The average molecular weight is 397 g/mol. The summed E-state index contributed by atoms with van der Waals surface area (Å²) < 4.78 is 7.09. The van der Waals surface area contributed by atoms with Gasteiger partial charge in [-0.3, -0.25) is 4.99 Å². The maximum absolute atomic E-state index is 5.29. The van der Waals surface area contributed by atoms with Crippen LogP contribution >= 0.6 is 31.9 Å². The molecule has 4 heteroatoms. The molecule has 0 amide bonds. The maximum Gasteiger partial charge on any atom is 0.147 e. The second-order valence-electron chi connectivity index (χ2n) is 4.57. The molecule has 0 saturated carbocycles. The van der Waals surface area contributed by atoms with Crippen LogP contribution in [-0.2, 0) is 0 Å². The number of halogens is 2. The van der Waals surface area contributed by atoms with Crippen molar-refractivity contribution in [3.63, 3.8) is 0 Å². The van der Waals surface area contributed by atoms with E-state index in [4.69, 9.17) is 4.74 Å². The van der Waals surface area contributed by atoms with Crippen molar-refractivity contribution in [3.8, 4) is 5.75 Å². The number of hydrogen-bond donors (Lipinski definition) is 0. The van der Waals surface area contributed by atoms with E-state index in [0.29, 0.717) is 0 Å². The Morgan fingerprint density at radius 3 is 2.30 bits per heavy atom. The van der Waals surface area contributed by atoms with Gasteiger partial charge in [0.05, 0.1) is 21.7 Å². The number of methoxy groups -OCH3 is 1. The van der Waals surface area contributed by atoms with Crippen LogP contribution in [0.25, 0.3) is 0 Å². The molecule has 0 aromatic heterocycles. The van der Waals surface area contributed by atoms with E-state index < -0.39 is 0 Å². The topological polar surface area (TPSA) is 21.6 Å².